The number of fused-ring (bicyclic) bond motifs is 1. The highest BCUT2D eigenvalue weighted by molar-refractivity contribution is 5.94. The number of carbonyl (C=O) groups is 1. The van der Waals surface area contributed by atoms with Crippen LogP contribution < -0.4 is 4.90 Å². The topological polar surface area (TPSA) is 29.5 Å². The fourth-order valence-corrected chi connectivity index (χ4v) is 3.48. The van der Waals surface area contributed by atoms with Crippen molar-refractivity contribution in [3.05, 3.63) is 77.9 Å². The van der Waals surface area contributed by atoms with Gasteiger partial charge in [-0.05, 0) is 55.8 Å². The van der Waals surface area contributed by atoms with E-state index in [0.29, 0.717) is 12.2 Å². The maximum absolute atomic E-state index is 11.9. The summed E-state index contributed by atoms with van der Waals surface area (Å²) in [6.07, 6.45) is 1.97. The van der Waals surface area contributed by atoms with E-state index in [2.05, 4.69) is 60.4 Å². The van der Waals surface area contributed by atoms with Gasteiger partial charge >= 0.3 is 5.97 Å². The Morgan fingerprint density at radius 1 is 0.963 bits per heavy atom. The van der Waals surface area contributed by atoms with E-state index < -0.39 is 0 Å². The van der Waals surface area contributed by atoms with Gasteiger partial charge in [0.25, 0.3) is 0 Å². The van der Waals surface area contributed by atoms with Gasteiger partial charge in [0.1, 0.15) is 0 Å². The molecular formula is C24H27NO2. The van der Waals surface area contributed by atoms with Crippen molar-refractivity contribution in [1.82, 2.24) is 0 Å². The van der Waals surface area contributed by atoms with E-state index in [4.69, 9.17) is 4.74 Å². The van der Waals surface area contributed by atoms with Crippen molar-refractivity contribution >= 4 is 22.4 Å². The predicted molar refractivity (Wildman–Crippen MR) is 113 cm³/mol. The predicted octanol–water partition coefficient (Wildman–Crippen LogP) is 5.48. The standard InChI is InChI=1S/C24H27NO2/c1-3-25(23-16-8-13-20-12-5-6-15-22(20)23)17-9-11-19-10-7-14-21(18-19)24(26)27-4-2/h5-8,10,12-16,18H,3-4,9,11,17H2,1-2H3. The number of nitrogens with zero attached hydrogens (tertiary/aromatic N) is 1. The van der Waals surface area contributed by atoms with Gasteiger partial charge in [-0.2, -0.15) is 0 Å². The number of hydrogen-bond donors (Lipinski definition) is 0. The molecule has 3 nitrogen and oxygen atoms in total. The molecule has 0 fully saturated rings. The SMILES string of the molecule is CCOC(=O)c1cccc(CCCN(CC)c2cccc3ccccc23)c1. The zero-order valence-electron chi connectivity index (χ0n) is 16.2. The van der Waals surface area contributed by atoms with Crippen LogP contribution >= 0.6 is 0 Å². The zero-order valence-corrected chi connectivity index (χ0v) is 16.2. The Labute approximate surface area is 161 Å². The first kappa shape index (κ1) is 19.0. The monoisotopic (exact) mass is 361 g/mol. The van der Waals surface area contributed by atoms with Crippen LogP contribution in [0.4, 0.5) is 5.69 Å². The summed E-state index contributed by atoms with van der Waals surface area (Å²) < 4.78 is 5.09. The van der Waals surface area contributed by atoms with Crippen molar-refractivity contribution in [2.24, 2.45) is 0 Å². The molecule has 0 unspecified atom stereocenters. The number of hydrogen-bond acceptors (Lipinski definition) is 3. The van der Waals surface area contributed by atoms with E-state index >= 15 is 0 Å². The molecule has 0 bridgehead atoms. The Balaban J connectivity index is 1.67. The molecular weight excluding hydrogens is 334 g/mol. The van der Waals surface area contributed by atoms with Crippen LogP contribution in [0.2, 0.25) is 0 Å². The van der Waals surface area contributed by atoms with Crippen LogP contribution in [-0.4, -0.2) is 25.7 Å². The van der Waals surface area contributed by atoms with Gasteiger partial charge in [-0.1, -0.05) is 48.5 Å². The van der Waals surface area contributed by atoms with E-state index in [0.717, 1.165) is 25.9 Å². The van der Waals surface area contributed by atoms with Gasteiger partial charge in [0.05, 0.1) is 12.2 Å². The minimum Gasteiger partial charge on any atom is -0.462 e. The molecule has 140 valence electrons. The number of ether oxygens (including phenoxy) is 1. The lowest BCUT2D eigenvalue weighted by molar-refractivity contribution is 0.0526. The largest absolute Gasteiger partial charge is 0.462 e. The van der Waals surface area contributed by atoms with Gasteiger partial charge in [0, 0.05) is 24.2 Å². The molecule has 0 spiro atoms. The van der Waals surface area contributed by atoms with Crippen LogP contribution in [0.5, 0.6) is 0 Å². The van der Waals surface area contributed by atoms with Crippen molar-refractivity contribution < 1.29 is 9.53 Å². The van der Waals surface area contributed by atoms with Crippen LogP contribution in [0.25, 0.3) is 10.8 Å². The van der Waals surface area contributed by atoms with Crippen molar-refractivity contribution in [3.63, 3.8) is 0 Å². The molecule has 3 heteroatoms. The Bertz CT molecular complexity index is 898. The van der Waals surface area contributed by atoms with Crippen molar-refractivity contribution in [3.8, 4) is 0 Å². The van der Waals surface area contributed by atoms with Crippen molar-refractivity contribution in [2.75, 3.05) is 24.6 Å². The third kappa shape index (κ3) is 4.68. The Kier molecular flexibility index (Phi) is 6.48. The van der Waals surface area contributed by atoms with Gasteiger partial charge in [0.15, 0.2) is 0 Å². The zero-order chi connectivity index (χ0) is 19.1. The fourth-order valence-electron chi connectivity index (χ4n) is 3.48. The Morgan fingerprint density at radius 3 is 2.56 bits per heavy atom. The second kappa shape index (κ2) is 9.22. The summed E-state index contributed by atoms with van der Waals surface area (Å²) >= 11 is 0. The van der Waals surface area contributed by atoms with Crippen LogP contribution in [-0.2, 0) is 11.2 Å². The molecule has 0 radical (unpaired) electrons. The highest BCUT2D eigenvalue weighted by atomic mass is 16.5. The minimum atomic E-state index is -0.245. The normalized spacial score (nSPS) is 10.7. The number of anilines is 1. The first-order valence-electron chi connectivity index (χ1n) is 9.71. The molecule has 0 aliphatic heterocycles. The van der Waals surface area contributed by atoms with Gasteiger partial charge in [-0.15, -0.1) is 0 Å². The smallest absolute Gasteiger partial charge is 0.338 e. The second-order valence-electron chi connectivity index (χ2n) is 6.60. The summed E-state index contributed by atoms with van der Waals surface area (Å²) in [5.74, 6) is -0.245. The fraction of sp³-hybridized carbons (Fsp3) is 0.292. The van der Waals surface area contributed by atoms with Crippen LogP contribution in [0.1, 0.15) is 36.2 Å². The number of carbonyl (C=O) groups excluding carboxylic acids is 1. The quantitative estimate of drug-likeness (QED) is 0.498. The van der Waals surface area contributed by atoms with Crippen LogP contribution in [0.15, 0.2) is 66.7 Å². The molecule has 27 heavy (non-hydrogen) atoms. The van der Waals surface area contributed by atoms with Crippen LogP contribution in [0, 0.1) is 0 Å². The minimum absolute atomic E-state index is 0.245. The maximum Gasteiger partial charge on any atom is 0.338 e. The lowest BCUT2D eigenvalue weighted by Gasteiger charge is -2.25. The van der Waals surface area contributed by atoms with Gasteiger partial charge in [0.2, 0.25) is 0 Å². The number of benzene rings is 3. The lowest BCUT2D eigenvalue weighted by Crippen LogP contribution is -2.24. The number of esters is 1. The summed E-state index contributed by atoms with van der Waals surface area (Å²) in [5, 5.41) is 2.57. The Hall–Kier alpha value is -2.81. The summed E-state index contributed by atoms with van der Waals surface area (Å²) in [5.41, 5.74) is 3.10. The molecule has 0 atom stereocenters. The van der Waals surface area contributed by atoms with Crippen molar-refractivity contribution in [1.29, 1.82) is 0 Å². The molecule has 3 aromatic carbocycles. The third-order valence-corrected chi connectivity index (χ3v) is 4.82. The van der Waals surface area contributed by atoms with E-state index in [9.17, 15) is 4.79 Å². The first-order chi connectivity index (χ1) is 13.2. The molecule has 3 rings (SSSR count). The van der Waals surface area contributed by atoms with Gasteiger partial charge in [-0.25, -0.2) is 4.79 Å². The average Bonchev–Trinajstić information content (AvgIpc) is 2.71. The molecule has 0 saturated carbocycles. The average molecular weight is 361 g/mol. The highest BCUT2D eigenvalue weighted by Crippen LogP contribution is 2.26. The molecule has 0 aliphatic carbocycles. The van der Waals surface area contributed by atoms with E-state index in [1.807, 2.05) is 25.1 Å². The third-order valence-electron chi connectivity index (χ3n) is 4.82. The molecule has 0 heterocycles. The number of rotatable bonds is 8. The van der Waals surface area contributed by atoms with Gasteiger partial charge in [-0.3, -0.25) is 0 Å². The molecule has 3 aromatic rings. The maximum atomic E-state index is 11.9. The molecule has 0 amide bonds. The molecule has 0 aromatic heterocycles. The lowest BCUT2D eigenvalue weighted by atomic mass is 10.1. The van der Waals surface area contributed by atoms with Crippen molar-refractivity contribution in [2.45, 2.75) is 26.7 Å². The molecule has 0 N–H and O–H groups in total. The van der Waals surface area contributed by atoms with E-state index in [1.54, 1.807) is 0 Å². The number of aryl methyl sites for hydroxylation is 1. The summed E-state index contributed by atoms with van der Waals surface area (Å²) in [6.45, 7) is 6.38. The Morgan fingerprint density at radius 2 is 1.74 bits per heavy atom. The highest BCUT2D eigenvalue weighted by Gasteiger charge is 2.09. The summed E-state index contributed by atoms with van der Waals surface area (Å²) in [6, 6.07) is 22.8. The summed E-state index contributed by atoms with van der Waals surface area (Å²) in [4.78, 5) is 14.3. The summed E-state index contributed by atoms with van der Waals surface area (Å²) in [7, 11) is 0. The van der Waals surface area contributed by atoms with E-state index in [1.165, 1.54) is 22.0 Å². The first-order valence-corrected chi connectivity index (χ1v) is 9.71. The molecule has 0 aliphatic rings. The second-order valence-corrected chi connectivity index (χ2v) is 6.60. The van der Waals surface area contributed by atoms with E-state index in [-0.39, 0.29) is 5.97 Å². The van der Waals surface area contributed by atoms with Crippen LogP contribution in [0.3, 0.4) is 0 Å². The molecule has 0 saturated heterocycles. The van der Waals surface area contributed by atoms with Gasteiger partial charge < -0.3 is 9.64 Å².